The van der Waals surface area contributed by atoms with Crippen molar-refractivity contribution in [3.8, 4) is 0 Å². The Bertz CT molecular complexity index is 385. The quantitative estimate of drug-likeness (QED) is 0.882. The maximum absolute atomic E-state index is 3.63. The molecule has 1 aromatic heterocycles. The van der Waals surface area contributed by atoms with Gasteiger partial charge >= 0.3 is 0 Å². The molecular weight excluding hydrogens is 240 g/mol. The van der Waals surface area contributed by atoms with Crippen LogP contribution >= 0.6 is 11.3 Å². The van der Waals surface area contributed by atoms with Crippen molar-refractivity contribution in [2.45, 2.75) is 51.1 Å². The third kappa shape index (κ3) is 2.36. The monoisotopic (exact) mass is 264 g/mol. The molecule has 100 valence electrons. The largest absolute Gasteiger partial charge is 0.314 e. The average Bonchev–Trinajstić information content (AvgIpc) is 2.79. The molecule has 0 aromatic carbocycles. The van der Waals surface area contributed by atoms with Gasteiger partial charge in [-0.2, -0.15) is 0 Å². The Hall–Kier alpha value is -0.380. The summed E-state index contributed by atoms with van der Waals surface area (Å²) in [5.41, 5.74) is 1.94. The number of nitrogens with one attached hydrogen (secondary N) is 1. The summed E-state index contributed by atoms with van der Waals surface area (Å²) >= 11 is 1.93. The van der Waals surface area contributed by atoms with Gasteiger partial charge in [-0.3, -0.25) is 4.90 Å². The molecule has 1 spiro atoms. The van der Waals surface area contributed by atoms with E-state index in [2.05, 4.69) is 28.6 Å². The first-order chi connectivity index (χ1) is 8.80. The van der Waals surface area contributed by atoms with Crippen LogP contribution in [-0.4, -0.2) is 30.1 Å². The summed E-state index contributed by atoms with van der Waals surface area (Å²) in [4.78, 5) is 4.35. The third-order valence-corrected chi connectivity index (χ3v) is 5.78. The van der Waals surface area contributed by atoms with E-state index in [0.717, 1.165) is 6.54 Å². The summed E-state index contributed by atoms with van der Waals surface area (Å²) < 4.78 is 0. The minimum atomic E-state index is 0.465. The smallest absolute Gasteiger partial charge is 0.0338 e. The molecule has 1 saturated carbocycles. The van der Waals surface area contributed by atoms with E-state index in [4.69, 9.17) is 0 Å². The van der Waals surface area contributed by atoms with Crippen molar-refractivity contribution in [3.63, 3.8) is 0 Å². The van der Waals surface area contributed by atoms with Gasteiger partial charge in [0.15, 0.2) is 0 Å². The topological polar surface area (TPSA) is 15.3 Å². The molecule has 3 rings (SSSR count). The predicted octanol–water partition coefficient (Wildman–Crippen LogP) is 3.16. The fraction of sp³-hybridized carbons (Fsp3) is 0.733. The molecule has 0 radical (unpaired) electrons. The predicted molar refractivity (Wildman–Crippen MR) is 78.2 cm³/mol. The lowest BCUT2D eigenvalue weighted by molar-refractivity contribution is 0.0215. The maximum Gasteiger partial charge on any atom is 0.0338 e. The first-order valence-corrected chi connectivity index (χ1v) is 8.17. The van der Waals surface area contributed by atoms with Gasteiger partial charge in [0, 0.05) is 36.6 Å². The van der Waals surface area contributed by atoms with Gasteiger partial charge in [0.25, 0.3) is 0 Å². The van der Waals surface area contributed by atoms with E-state index in [1.165, 1.54) is 57.3 Å². The molecule has 2 nitrogen and oxygen atoms in total. The molecule has 1 aliphatic heterocycles. The van der Waals surface area contributed by atoms with Gasteiger partial charge in [-0.25, -0.2) is 0 Å². The molecule has 2 fully saturated rings. The molecular formula is C15H24N2S. The SMILES string of the molecule is Cc1ccsc1CN1CCNCC12CCCCC2. The van der Waals surface area contributed by atoms with Gasteiger partial charge in [0.05, 0.1) is 0 Å². The van der Waals surface area contributed by atoms with Gasteiger partial charge in [-0.05, 0) is 36.8 Å². The highest BCUT2D eigenvalue weighted by Gasteiger charge is 2.39. The van der Waals surface area contributed by atoms with Gasteiger partial charge in [-0.15, -0.1) is 11.3 Å². The van der Waals surface area contributed by atoms with Crippen LogP contribution in [0.5, 0.6) is 0 Å². The van der Waals surface area contributed by atoms with Crippen LogP contribution in [0.1, 0.15) is 42.5 Å². The minimum Gasteiger partial charge on any atom is -0.314 e. The number of nitrogens with zero attached hydrogens (tertiary/aromatic N) is 1. The van der Waals surface area contributed by atoms with Crippen LogP contribution in [0.15, 0.2) is 11.4 Å². The summed E-state index contributed by atoms with van der Waals surface area (Å²) in [5.74, 6) is 0. The van der Waals surface area contributed by atoms with E-state index in [9.17, 15) is 0 Å². The van der Waals surface area contributed by atoms with Crippen molar-refractivity contribution in [3.05, 3.63) is 21.9 Å². The Morgan fingerprint density at radius 2 is 2.17 bits per heavy atom. The Morgan fingerprint density at radius 1 is 1.33 bits per heavy atom. The van der Waals surface area contributed by atoms with Gasteiger partial charge < -0.3 is 5.32 Å². The highest BCUT2D eigenvalue weighted by molar-refractivity contribution is 7.10. The lowest BCUT2D eigenvalue weighted by Gasteiger charge is -2.50. The highest BCUT2D eigenvalue weighted by atomic mass is 32.1. The number of hydrogen-bond donors (Lipinski definition) is 1. The molecule has 3 heteroatoms. The normalized spacial score (nSPS) is 24.5. The highest BCUT2D eigenvalue weighted by Crippen LogP contribution is 2.36. The van der Waals surface area contributed by atoms with Crippen molar-refractivity contribution >= 4 is 11.3 Å². The standard InChI is InChI=1S/C15H24N2S/c1-13-5-10-18-14(13)11-17-9-8-16-12-15(17)6-3-2-4-7-15/h5,10,16H,2-4,6-9,11-12H2,1H3. The Kier molecular flexibility index (Phi) is 3.73. The second-order valence-corrected chi connectivity index (χ2v) is 6.91. The number of aryl methyl sites for hydroxylation is 1. The van der Waals surface area contributed by atoms with Crippen LogP contribution in [0.2, 0.25) is 0 Å². The second kappa shape index (κ2) is 5.32. The van der Waals surface area contributed by atoms with E-state index in [-0.39, 0.29) is 0 Å². The van der Waals surface area contributed by atoms with Crippen molar-refractivity contribution in [1.29, 1.82) is 0 Å². The van der Waals surface area contributed by atoms with E-state index >= 15 is 0 Å². The van der Waals surface area contributed by atoms with Crippen LogP contribution in [0.3, 0.4) is 0 Å². The van der Waals surface area contributed by atoms with Crippen LogP contribution < -0.4 is 5.32 Å². The third-order valence-electron chi connectivity index (χ3n) is 4.77. The van der Waals surface area contributed by atoms with Gasteiger partial charge in [-0.1, -0.05) is 19.3 Å². The number of rotatable bonds is 2. The van der Waals surface area contributed by atoms with Gasteiger partial charge in [0.2, 0.25) is 0 Å². The molecule has 0 unspecified atom stereocenters. The molecule has 1 saturated heterocycles. The number of thiophene rings is 1. The van der Waals surface area contributed by atoms with E-state index in [1.807, 2.05) is 11.3 Å². The fourth-order valence-electron chi connectivity index (χ4n) is 3.57. The number of piperazine rings is 1. The molecule has 0 atom stereocenters. The zero-order valence-electron chi connectivity index (χ0n) is 11.4. The Balaban J connectivity index is 1.77. The van der Waals surface area contributed by atoms with E-state index in [0.29, 0.717) is 5.54 Å². The molecule has 0 amide bonds. The molecule has 2 heterocycles. The first-order valence-electron chi connectivity index (χ1n) is 7.29. The Morgan fingerprint density at radius 3 is 2.89 bits per heavy atom. The van der Waals surface area contributed by atoms with E-state index < -0.39 is 0 Å². The molecule has 18 heavy (non-hydrogen) atoms. The van der Waals surface area contributed by atoms with Crippen molar-refractivity contribution in [1.82, 2.24) is 10.2 Å². The summed E-state index contributed by atoms with van der Waals surface area (Å²) in [6.45, 7) is 7.01. The second-order valence-electron chi connectivity index (χ2n) is 5.91. The van der Waals surface area contributed by atoms with Gasteiger partial charge in [0.1, 0.15) is 0 Å². The summed E-state index contributed by atoms with van der Waals surface area (Å²) in [7, 11) is 0. The zero-order valence-corrected chi connectivity index (χ0v) is 12.2. The molecule has 1 N–H and O–H groups in total. The van der Waals surface area contributed by atoms with E-state index in [1.54, 1.807) is 4.88 Å². The van der Waals surface area contributed by atoms with Crippen LogP contribution in [-0.2, 0) is 6.54 Å². The fourth-order valence-corrected chi connectivity index (χ4v) is 4.49. The minimum absolute atomic E-state index is 0.465. The van der Waals surface area contributed by atoms with Crippen LogP contribution in [0.25, 0.3) is 0 Å². The summed E-state index contributed by atoms with van der Waals surface area (Å²) in [6.07, 6.45) is 7.06. The van der Waals surface area contributed by atoms with Crippen molar-refractivity contribution in [2.24, 2.45) is 0 Å². The lowest BCUT2D eigenvalue weighted by Crippen LogP contribution is -2.61. The first kappa shape index (κ1) is 12.6. The summed E-state index contributed by atoms with van der Waals surface area (Å²) in [6, 6.07) is 2.26. The molecule has 1 aromatic rings. The zero-order chi connectivity index (χ0) is 12.4. The molecule has 2 aliphatic rings. The number of hydrogen-bond acceptors (Lipinski definition) is 3. The van der Waals surface area contributed by atoms with Crippen molar-refractivity contribution < 1.29 is 0 Å². The molecule has 1 aliphatic carbocycles. The average molecular weight is 264 g/mol. The lowest BCUT2D eigenvalue weighted by atomic mass is 9.79. The molecule has 0 bridgehead atoms. The van der Waals surface area contributed by atoms with Crippen LogP contribution in [0, 0.1) is 6.92 Å². The Labute approximate surface area is 114 Å². The van der Waals surface area contributed by atoms with Crippen molar-refractivity contribution in [2.75, 3.05) is 19.6 Å². The summed E-state index contributed by atoms with van der Waals surface area (Å²) in [5, 5.41) is 5.87. The van der Waals surface area contributed by atoms with Crippen LogP contribution in [0.4, 0.5) is 0 Å². The maximum atomic E-state index is 3.63.